The molecule has 3 rings (SSSR count). The molecule has 32 heavy (non-hydrogen) atoms. The predicted octanol–water partition coefficient (Wildman–Crippen LogP) is 1.10. The number of rotatable bonds is 9. The Hall–Kier alpha value is -3.48. The van der Waals surface area contributed by atoms with Crippen molar-refractivity contribution in [3.63, 3.8) is 0 Å². The Morgan fingerprint density at radius 1 is 1.28 bits per heavy atom. The summed E-state index contributed by atoms with van der Waals surface area (Å²) in [6.07, 6.45) is 1.96. The van der Waals surface area contributed by atoms with Crippen LogP contribution in [0.3, 0.4) is 0 Å². The molecule has 1 aromatic carbocycles. The highest BCUT2D eigenvalue weighted by Gasteiger charge is 2.21. The van der Waals surface area contributed by atoms with Crippen LogP contribution in [0.1, 0.15) is 18.4 Å². The highest BCUT2D eigenvalue weighted by Crippen LogP contribution is 2.12. The molecule has 12 heteroatoms. The van der Waals surface area contributed by atoms with Crippen LogP contribution >= 0.6 is 0 Å². The van der Waals surface area contributed by atoms with Crippen molar-refractivity contribution < 1.29 is 23.8 Å². The molecule has 0 bridgehead atoms. The minimum atomic E-state index is -0.628. The van der Waals surface area contributed by atoms with Crippen molar-refractivity contribution in [3.8, 4) is 0 Å². The molecule has 0 saturated heterocycles. The van der Waals surface area contributed by atoms with Crippen LogP contribution in [0.15, 0.2) is 57.4 Å². The van der Waals surface area contributed by atoms with E-state index >= 15 is 0 Å². The number of ether oxygens (including phenoxy) is 3. The van der Waals surface area contributed by atoms with Gasteiger partial charge in [0.1, 0.15) is 12.4 Å². The van der Waals surface area contributed by atoms with Gasteiger partial charge in [-0.2, -0.15) is 0 Å². The molecule has 0 saturated carbocycles. The van der Waals surface area contributed by atoms with Gasteiger partial charge in [0.2, 0.25) is 0 Å². The molecule has 0 aliphatic carbocycles. The van der Waals surface area contributed by atoms with E-state index in [1.807, 2.05) is 43.5 Å². The molecule has 0 spiro atoms. The number of hydrazine groups is 2. The fourth-order valence-electron chi connectivity index (χ4n) is 2.84. The molecule has 2 aliphatic rings. The topological polar surface area (TPSA) is 130 Å². The van der Waals surface area contributed by atoms with Crippen LogP contribution in [-0.2, 0) is 19.0 Å². The smallest absolute Gasteiger partial charge is 0.412 e. The summed E-state index contributed by atoms with van der Waals surface area (Å²) in [5, 5.41) is 12.8. The average Bonchev–Trinajstić information content (AvgIpc) is 3.23. The summed E-state index contributed by atoms with van der Waals surface area (Å²) < 4.78 is 15.0. The molecule has 0 fully saturated rings. The lowest BCUT2D eigenvalue weighted by molar-refractivity contribution is -0.127. The lowest BCUT2D eigenvalue weighted by Crippen LogP contribution is -2.40. The van der Waals surface area contributed by atoms with E-state index in [2.05, 4.69) is 31.6 Å². The number of likely N-dealkylation sites (N-methyl/N-ethyl adjacent to an activating group) is 1. The van der Waals surface area contributed by atoms with Gasteiger partial charge in [0, 0.05) is 33.3 Å². The van der Waals surface area contributed by atoms with Gasteiger partial charge in [-0.05, 0) is 6.42 Å². The summed E-state index contributed by atoms with van der Waals surface area (Å²) in [5.41, 5.74) is 7.59. The number of nitrogens with zero attached hydrogens (tertiary/aromatic N) is 4. The largest absolute Gasteiger partial charge is 0.444 e. The number of hydrogen-bond acceptors (Lipinski definition) is 11. The molecule has 1 aromatic rings. The Labute approximate surface area is 185 Å². The first-order valence-electron chi connectivity index (χ1n) is 9.94. The second kappa shape index (κ2) is 11.8. The zero-order valence-electron chi connectivity index (χ0n) is 18.2. The Morgan fingerprint density at radius 3 is 2.75 bits per heavy atom. The van der Waals surface area contributed by atoms with Gasteiger partial charge in [-0.1, -0.05) is 41.6 Å². The minimum absolute atomic E-state index is 0.0308. The summed E-state index contributed by atoms with van der Waals surface area (Å²) in [7, 11) is 4.74. The van der Waals surface area contributed by atoms with E-state index in [1.165, 1.54) is 14.2 Å². The number of allylic oxidation sites excluding steroid dienone is 1. The van der Waals surface area contributed by atoms with Crippen molar-refractivity contribution in [3.05, 3.63) is 47.7 Å². The van der Waals surface area contributed by atoms with Gasteiger partial charge >= 0.3 is 6.09 Å². The Morgan fingerprint density at radius 2 is 2.06 bits per heavy atom. The molecule has 1 amide bonds. The number of amides is 1. The molecule has 172 valence electrons. The molecule has 12 nitrogen and oxygen atoms in total. The van der Waals surface area contributed by atoms with Gasteiger partial charge in [-0.3, -0.25) is 10.3 Å². The van der Waals surface area contributed by atoms with Gasteiger partial charge in [-0.25, -0.2) is 15.3 Å². The van der Waals surface area contributed by atoms with Crippen molar-refractivity contribution >= 4 is 23.5 Å². The molecule has 0 aromatic heterocycles. The normalized spacial score (nSPS) is 16.2. The van der Waals surface area contributed by atoms with Gasteiger partial charge in [0.15, 0.2) is 24.4 Å². The highest BCUT2D eigenvalue weighted by atomic mass is 16.7. The fraction of sp³-hybridized carbons (Fsp3) is 0.400. The van der Waals surface area contributed by atoms with Crippen molar-refractivity contribution in [1.82, 2.24) is 21.4 Å². The van der Waals surface area contributed by atoms with Crippen LogP contribution in [0, 0.1) is 0 Å². The average molecular weight is 445 g/mol. The summed E-state index contributed by atoms with van der Waals surface area (Å²) in [6, 6.07) is 9.58. The maximum absolute atomic E-state index is 12.0. The quantitative estimate of drug-likeness (QED) is 0.293. The Balaban J connectivity index is 1.59. The molecular formula is C20H27N7O5. The predicted molar refractivity (Wildman–Crippen MR) is 117 cm³/mol. The summed E-state index contributed by atoms with van der Waals surface area (Å²) in [6.45, 7) is 0.0980. The first kappa shape index (κ1) is 23.2. The van der Waals surface area contributed by atoms with E-state index in [4.69, 9.17) is 19.0 Å². The van der Waals surface area contributed by atoms with Gasteiger partial charge in [-0.15, -0.1) is 10.6 Å². The summed E-state index contributed by atoms with van der Waals surface area (Å²) in [4.78, 5) is 22.0. The maximum Gasteiger partial charge on any atom is 0.412 e. The molecule has 2 heterocycles. The van der Waals surface area contributed by atoms with E-state index in [1.54, 1.807) is 5.01 Å². The number of amidine groups is 2. The standard InChI is InChI=1S/C20H27N7O5/c1-27-19(23-25-26-27)18(14-8-5-4-6-9-14)24-32-12-15-10-7-11-16(21-15)22-20(28)31-13-17(29-2)30-3/h4-6,8-10,17,25-26H,7,11-13H2,1-3H3,(H,21,22,28)/b24-18-. The Kier molecular flexibility index (Phi) is 8.54. The highest BCUT2D eigenvalue weighted by molar-refractivity contribution is 6.47. The number of carbonyl (C=O) groups excluding carboxylic acids is 1. The van der Waals surface area contributed by atoms with Crippen LogP contribution < -0.4 is 16.4 Å². The fourth-order valence-corrected chi connectivity index (χ4v) is 2.84. The number of aliphatic imine (C=N–C) groups is 1. The van der Waals surface area contributed by atoms with Gasteiger partial charge in [0.25, 0.3) is 0 Å². The van der Waals surface area contributed by atoms with Crippen molar-refractivity contribution in [2.45, 2.75) is 19.1 Å². The molecule has 3 N–H and O–H groups in total. The third-order valence-electron chi connectivity index (χ3n) is 4.49. The maximum atomic E-state index is 12.0. The monoisotopic (exact) mass is 445 g/mol. The van der Waals surface area contributed by atoms with Crippen LogP contribution in [0.2, 0.25) is 0 Å². The van der Waals surface area contributed by atoms with Crippen LogP contribution in [-0.4, -0.2) is 69.3 Å². The first-order chi connectivity index (χ1) is 15.6. The van der Waals surface area contributed by atoms with Gasteiger partial charge < -0.3 is 19.0 Å². The molecule has 0 unspecified atom stereocenters. The summed E-state index contributed by atoms with van der Waals surface area (Å²) >= 11 is 0. The van der Waals surface area contributed by atoms with E-state index in [-0.39, 0.29) is 13.2 Å². The molecule has 2 aliphatic heterocycles. The van der Waals surface area contributed by atoms with Crippen molar-refractivity contribution in [2.24, 2.45) is 15.2 Å². The van der Waals surface area contributed by atoms with Crippen LogP contribution in [0.5, 0.6) is 0 Å². The van der Waals surface area contributed by atoms with Crippen molar-refractivity contribution in [1.29, 1.82) is 0 Å². The third-order valence-corrected chi connectivity index (χ3v) is 4.49. The van der Waals surface area contributed by atoms with E-state index in [0.717, 1.165) is 5.56 Å². The number of alkyl carbamates (subject to hydrolysis) is 1. The van der Waals surface area contributed by atoms with Gasteiger partial charge in [0.05, 0.1) is 5.70 Å². The second-order valence-electron chi connectivity index (χ2n) is 6.71. The van der Waals surface area contributed by atoms with E-state index in [9.17, 15) is 4.79 Å². The second-order valence-corrected chi connectivity index (χ2v) is 6.71. The number of hydrazone groups is 1. The lowest BCUT2D eigenvalue weighted by Gasteiger charge is -2.16. The van der Waals surface area contributed by atoms with E-state index in [0.29, 0.717) is 35.9 Å². The molecule has 0 radical (unpaired) electrons. The Bertz CT molecular complexity index is 897. The first-order valence-corrected chi connectivity index (χ1v) is 9.94. The molecule has 0 atom stereocenters. The lowest BCUT2D eigenvalue weighted by atomic mass is 10.1. The third kappa shape index (κ3) is 6.51. The molecular weight excluding hydrogens is 418 g/mol. The number of benzene rings is 1. The van der Waals surface area contributed by atoms with E-state index < -0.39 is 12.4 Å². The zero-order chi connectivity index (χ0) is 22.8. The summed E-state index contributed by atoms with van der Waals surface area (Å²) in [5.74, 6) is 1.07. The number of nitrogens with one attached hydrogen (secondary N) is 3. The number of oxime groups is 1. The van der Waals surface area contributed by atoms with Crippen LogP contribution in [0.4, 0.5) is 4.79 Å². The number of carbonyl (C=O) groups is 1. The number of methoxy groups -OCH3 is 2. The zero-order valence-corrected chi connectivity index (χ0v) is 18.2. The van der Waals surface area contributed by atoms with Crippen molar-refractivity contribution in [2.75, 3.05) is 34.5 Å². The number of hydrogen-bond donors (Lipinski definition) is 3. The SMILES string of the molecule is COC(COC(=O)NC1=NC(CO/N=C(\C2=NNNN2C)c2ccccc2)=CCC1)OC. The minimum Gasteiger partial charge on any atom is -0.444 e. The van der Waals surface area contributed by atoms with Crippen LogP contribution in [0.25, 0.3) is 0 Å².